The highest BCUT2D eigenvalue weighted by Gasteiger charge is 2.30. The van der Waals surface area contributed by atoms with Gasteiger partial charge in [-0.15, -0.1) is 0 Å². The number of hydrogen-bond acceptors (Lipinski definition) is 2. The van der Waals surface area contributed by atoms with E-state index >= 15 is 0 Å². The van der Waals surface area contributed by atoms with E-state index in [1.165, 1.54) is 25.0 Å². The first kappa shape index (κ1) is 13.6. The summed E-state index contributed by atoms with van der Waals surface area (Å²) in [6.07, 6.45) is 5.30. The standard InChI is InChI=1S/C15H27N3/c1-5-16-15(14-8-6-7-11(14)2)10-13-9-12(3)17-18(13)4/h9,11,14-16H,5-8,10H2,1-4H3. The topological polar surface area (TPSA) is 29.9 Å². The van der Waals surface area contributed by atoms with Crippen molar-refractivity contribution < 1.29 is 0 Å². The van der Waals surface area contributed by atoms with Crippen LogP contribution in [0, 0.1) is 18.8 Å². The van der Waals surface area contributed by atoms with E-state index in [1.54, 1.807) is 0 Å². The number of likely N-dealkylation sites (N-methyl/N-ethyl adjacent to an activating group) is 1. The van der Waals surface area contributed by atoms with Crippen molar-refractivity contribution in [3.63, 3.8) is 0 Å². The van der Waals surface area contributed by atoms with Crippen molar-refractivity contribution in [3.05, 3.63) is 17.5 Å². The molecule has 3 unspecified atom stereocenters. The zero-order chi connectivity index (χ0) is 13.1. The molecule has 1 N–H and O–H groups in total. The highest BCUT2D eigenvalue weighted by Crippen LogP contribution is 2.34. The van der Waals surface area contributed by atoms with Gasteiger partial charge in [-0.3, -0.25) is 4.68 Å². The fourth-order valence-corrected chi connectivity index (χ4v) is 3.49. The molecule has 3 heteroatoms. The summed E-state index contributed by atoms with van der Waals surface area (Å²) in [4.78, 5) is 0. The zero-order valence-corrected chi connectivity index (χ0v) is 12.2. The van der Waals surface area contributed by atoms with Gasteiger partial charge in [0, 0.05) is 25.2 Å². The maximum atomic E-state index is 4.46. The number of aromatic nitrogens is 2. The molecule has 3 atom stereocenters. The second kappa shape index (κ2) is 5.87. The third-order valence-electron chi connectivity index (χ3n) is 4.44. The molecule has 0 spiro atoms. The summed E-state index contributed by atoms with van der Waals surface area (Å²) in [6, 6.07) is 2.84. The molecule has 0 amide bonds. The van der Waals surface area contributed by atoms with Crippen LogP contribution in [0.1, 0.15) is 44.5 Å². The molecule has 2 rings (SSSR count). The average molecular weight is 249 g/mol. The van der Waals surface area contributed by atoms with Gasteiger partial charge in [-0.1, -0.05) is 26.7 Å². The largest absolute Gasteiger partial charge is 0.314 e. The Balaban J connectivity index is 2.08. The van der Waals surface area contributed by atoms with E-state index in [-0.39, 0.29) is 0 Å². The highest BCUT2D eigenvalue weighted by atomic mass is 15.3. The summed E-state index contributed by atoms with van der Waals surface area (Å²) in [5.41, 5.74) is 2.49. The Morgan fingerprint density at radius 3 is 2.78 bits per heavy atom. The van der Waals surface area contributed by atoms with Gasteiger partial charge in [0.2, 0.25) is 0 Å². The Bertz CT molecular complexity index is 383. The molecule has 102 valence electrons. The van der Waals surface area contributed by atoms with Crippen molar-refractivity contribution in [3.8, 4) is 0 Å². The van der Waals surface area contributed by atoms with Crippen molar-refractivity contribution in [1.29, 1.82) is 0 Å². The second-order valence-electron chi connectivity index (χ2n) is 5.84. The van der Waals surface area contributed by atoms with Gasteiger partial charge >= 0.3 is 0 Å². The van der Waals surface area contributed by atoms with Crippen LogP contribution in [0.2, 0.25) is 0 Å². The van der Waals surface area contributed by atoms with Crippen LogP contribution >= 0.6 is 0 Å². The van der Waals surface area contributed by atoms with Crippen molar-refractivity contribution in [2.24, 2.45) is 18.9 Å². The Morgan fingerprint density at radius 1 is 1.50 bits per heavy atom. The van der Waals surface area contributed by atoms with Crippen molar-refractivity contribution in [2.75, 3.05) is 6.54 Å². The lowest BCUT2D eigenvalue weighted by Crippen LogP contribution is -2.39. The SMILES string of the molecule is CCNC(Cc1cc(C)nn1C)C1CCCC1C. The predicted octanol–water partition coefficient (Wildman–Crippen LogP) is 2.69. The predicted molar refractivity (Wildman–Crippen MR) is 75.6 cm³/mol. The van der Waals surface area contributed by atoms with Crippen LogP contribution in [0.3, 0.4) is 0 Å². The minimum absolute atomic E-state index is 0.613. The molecule has 1 aliphatic rings. The lowest BCUT2D eigenvalue weighted by Gasteiger charge is -2.27. The zero-order valence-electron chi connectivity index (χ0n) is 12.2. The minimum Gasteiger partial charge on any atom is -0.314 e. The van der Waals surface area contributed by atoms with Crippen LogP contribution in [0.25, 0.3) is 0 Å². The summed E-state index contributed by atoms with van der Waals surface area (Å²) < 4.78 is 2.04. The minimum atomic E-state index is 0.613. The molecule has 0 bridgehead atoms. The van der Waals surface area contributed by atoms with Crippen molar-refractivity contribution in [1.82, 2.24) is 15.1 Å². The van der Waals surface area contributed by atoms with E-state index in [2.05, 4.69) is 44.3 Å². The van der Waals surface area contributed by atoms with Crippen LogP contribution < -0.4 is 5.32 Å². The van der Waals surface area contributed by atoms with Gasteiger partial charge in [-0.25, -0.2) is 0 Å². The summed E-state index contributed by atoms with van der Waals surface area (Å²) in [7, 11) is 2.06. The first-order valence-corrected chi connectivity index (χ1v) is 7.34. The number of hydrogen-bond donors (Lipinski definition) is 1. The molecule has 3 nitrogen and oxygen atoms in total. The Morgan fingerprint density at radius 2 is 2.28 bits per heavy atom. The fourth-order valence-electron chi connectivity index (χ4n) is 3.49. The molecule has 0 aliphatic heterocycles. The molecule has 1 saturated carbocycles. The molecular weight excluding hydrogens is 222 g/mol. The van der Waals surface area contributed by atoms with E-state index in [0.29, 0.717) is 6.04 Å². The molecule has 0 aromatic carbocycles. The summed E-state index contributed by atoms with van der Waals surface area (Å²) in [5, 5.41) is 8.16. The third-order valence-corrected chi connectivity index (χ3v) is 4.44. The van der Waals surface area contributed by atoms with Crippen LogP contribution in [-0.4, -0.2) is 22.4 Å². The molecule has 1 aliphatic carbocycles. The summed E-state index contributed by atoms with van der Waals surface area (Å²) >= 11 is 0. The van der Waals surface area contributed by atoms with Crippen LogP contribution in [0.15, 0.2) is 6.07 Å². The molecule has 0 saturated heterocycles. The van der Waals surface area contributed by atoms with Gasteiger partial charge in [0.05, 0.1) is 5.69 Å². The van der Waals surface area contributed by atoms with Crippen LogP contribution in [-0.2, 0) is 13.5 Å². The number of rotatable bonds is 5. The Kier molecular flexibility index (Phi) is 4.44. The molecular formula is C15H27N3. The van der Waals surface area contributed by atoms with Crippen molar-refractivity contribution >= 4 is 0 Å². The number of aryl methyl sites for hydroxylation is 2. The number of nitrogens with one attached hydrogen (secondary N) is 1. The van der Waals surface area contributed by atoms with E-state index < -0.39 is 0 Å². The van der Waals surface area contributed by atoms with Gasteiger partial charge in [0.25, 0.3) is 0 Å². The summed E-state index contributed by atoms with van der Waals surface area (Å²) in [5.74, 6) is 1.70. The first-order valence-electron chi connectivity index (χ1n) is 7.34. The monoisotopic (exact) mass is 249 g/mol. The molecule has 0 radical (unpaired) electrons. The molecule has 1 aromatic heterocycles. The quantitative estimate of drug-likeness (QED) is 0.869. The van der Waals surface area contributed by atoms with Crippen LogP contribution in [0.4, 0.5) is 0 Å². The van der Waals surface area contributed by atoms with E-state index in [4.69, 9.17) is 0 Å². The van der Waals surface area contributed by atoms with Gasteiger partial charge in [0.1, 0.15) is 0 Å². The van der Waals surface area contributed by atoms with Gasteiger partial charge in [0.15, 0.2) is 0 Å². The Labute approximate surface area is 111 Å². The fraction of sp³-hybridized carbons (Fsp3) is 0.800. The van der Waals surface area contributed by atoms with Gasteiger partial charge in [-0.05, 0) is 37.8 Å². The lowest BCUT2D eigenvalue weighted by atomic mass is 9.87. The molecule has 1 aromatic rings. The normalized spacial score (nSPS) is 25.6. The lowest BCUT2D eigenvalue weighted by molar-refractivity contribution is 0.295. The average Bonchev–Trinajstić information content (AvgIpc) is 2.85. The van der Waals surface area contributed by atoms with E-state index in [9.17, 15) is 0 Å². The second-order valence-corrected chi connectivity index (χ2v) is 5.84. The maximum absolute atomic E-state index is 4.46. The summed E-state index contributed by atoms with van der Waals surface area (Å²) in [6.45, 7) is 7.76. The van der Waals surface area contributed by atoms with E-state index in [1.807, 2.05) is 4.68 Å². The highest BCUT2D eigenvalue weighted by molar-refractivity contribution is 5.10. The smallest absolute Gasteiger partial charge is 0.0596 e. The molecule has 1 fully saturated rings. The Hall–Kier alpha value is -0.830. The maximum Gasteiger partial charge on any atom is 0.0596 e. The van der Waals surface area contributed by atoms with Crippen molar-refractivity contribution in [2.45, 2.75) is 52.5 Å². The molecule has 1 heterocycles. The third kappa shape index (κ3) is 2.94. The molecule has 18 heavy (non-hydrogen) atoms. The van der Waals surface area contributed by atoms with Gasteiger partial charge < -0.3 is 5.32 Å². The number of nitrogens with zero attached hydrogens (tertiary/aromatic N) is 2. The first-order chi connectivity index (χ1) is 8.61. The van der Waals surface area contributed by atoms with Crippen LogP contribution in [0.5, 0.6) is 0 Å². The van der Waals surface area contributed by atoms with E-state index in [0.717, 1.165) is 30.5 Å². The van der Waals surface area contributed by atoms with Gasteiger partial charge in [-0.2, -0.15) is 5.10 Å².